The highest BCUT2D eigenvalue weighted by Crippen LogP contribution is 2.43. The van der Waals surface area contributed by atoms with Crippen LogP contribution in [0, 0.1) is 11.7 Å². The standard InChI is InChI=1S/C26H29ClFNO3S/c27-20-8-10-22(11-9-20)33(31)26(13-15-32-16-14-26)19-7-12-24(23(28)17-19)29(21-5-2-6-21)25(30)18-3-1-4-18/h7-12,17-18,21H,1-6,13-16H2. The van der Waals surface area contributed by atoms with E-state index < -0.39 is 21.4 Å². The van der Waals surface area contributed by atoms with Crippen LogP contribution in [-0.2, 0) is 25.1 Å². The minimum Gasteiger partial charge on any atom is -0.381 e. The van der Waals surface area contributed by atoms with Crippen LogP contribution in [0.3, 0.4) is 0 Å². The van der Waals surface area contributed by atoms with Gasteiger partial charge in [0.2, 0.25) is 5.91 Å². The summed E-state index contributed by atoms with van der Waals surface area (Å²) in [4.78, 5) is 15.6. The molecule has 0 bridgehead atoms. The van der Waals surface area contributed by atoms with E-state index in [4.69, 9.17) is 16.3 Å². The summed E-state index contributed by atoms with van der Waals surface area (Å²) in [6.07, 6.45) is 6.83. The van der Waals surface area contributed by atoms with Crippen LogP contribution in [0.5, 0.6) is 0 Å². The van der Waals surface area contributed by atoms with Crippen LogP contribution in [0.2, 0.25) is 5.02 Å². The van der Waals surface area contributed by atoms with Gasteiger partial charge >= 0.3 is 0 Å². The number of halogens is 2. The third-order valence-electron chi connectivity index (χ3n) is 7.55. The number of hydrogen-bond acceptors (Lipinski definition) is 3. The number of carbonyl (C=O) groups excluding carboxylic acids is 1. The van der Waals surface area contributed by atoms with E-state index in [9.17, 15) is 9.00 Å². The average molecular weight is 490 g/mol. The first kappa shape index (κ1) is 23.0. The van der Waals surface area contributed by atoms with Crippen LogP contribution in [0.15, 0.2) is 47.4 Å². The van der Waals surface area contributed by atoms with Crippen molar-refractivity contribution >= 4 is 34.0 Å². The van der Waals surface area contributed by atoms with Gasteiger partial charge in [0, 0.05) is 35.1 Å². The summed E-state index contributed by atoms with van der Waals surface area (Å²) in [6, 6.07) is 12.2. The maximum atomic E-state index is 15.7. The lowest BCUT2D eigenvalue weighted by Gasteiger charge is -2.41. The molecule has 33 heavy (non-hydrogen) atoms. The molecule has 176 valence electrons. The van der Waals surface area contributed by atoms with Crippen LogP contribution in [0.1, 0.15) is 56.9 Å². The number of ether oxygens (including phenoxy) is 1. The van der Waals surface area contributed by atoms with E-state index in [1.807, 2.05) is 6.07 Å². The molecule has 1 heterocycles. The Kier molecular flexibility index (Phi) is 6.60. The third-order valence-corrected chi connectivity index (χ3v) is 9.85. The highest BCUT2D eigenvalue weighted by atomic mass is 35.5. The number of nitrogens with zero attached hydrogens (tertiary/aromatic N) is 1. The molecule has 0 aromatic heterocycles. The van der Waals surface area contributed by atoms with Gasteiger partial charge in [0.25, 0.3) is 0 Å². The summed E-state index contributed by atoms with van der Waals surface area (Å²) in [5.74, 6) is -0.335. The van der Waals surface area contributed by atoms with E-state index >= 15 is 4.39 Å². The van der Waals surface area contributed by atoms with E-state index in [1.54, 1.807) is 35.2 Å². The first-order chi connectivity index (χ1) is 16.0. The van der Waals surface area contributed by atoms with Crippen molar-refractivity contribution in [2.75, 3.05) is 18.1 Å². The van der Waals surface area contributed by atoms with E-state index in [0.29, 0.717) is 47.2 Å². The van der Waals surface area contributed by atoms with E-state index in [2.05, 4.69) is 0 Å². The highest BCUT2D eigenvalue weighted by Gasteiger charge is 2.43. The minimum atomic E-state index is -1.41. The summed E-state index contributed by atoms with van der Waals surface area (Å²) < 4.78 is 34.3. The van der Waals surface area contributed by atoms with Gasteiger partial charge < -0.3 is 9.64 Å². The smallest absolute Gasteiger partial charge is 0.230 e. The molecule has 3 aliphatic rings. The van der Waals surface area contributed by atoms with Crippen molar-refractivity contribution in [3.05, 3.63) is 58.9 Å². The number of rotatable bonds is 6. The normalized spacial score (nSPS) is 21.6. The molecule has 0 N–H and O–H groups in total. The predicted octanol–water partition coefficient (Wildman–Crippen LogP) is 5.98. The molecular weight excluding hydrogens is 461 g/mol. The van der Waals surface area contributed by atoms with Crippen LogP contribution >= 0.6 is 11.6 Å². The lowest BCUT2D eigenvalue weighted by molar-refractivity contribution is -0.125. The summed E-state index contributed by atoms with van der Waals surface area (Å²) in [7, 11) is -1.41. The lowest BCUT2D eigenvalue weighted by Crippen LogP contribution is -2.49. The summed E-state index contributed by atoms with van der Waals surface area (Å²) in [5, 5.41) is 0.583. The molecule has 1 aliphatic heterocycles. The molecule has 7 heteroatoms. The largest absolute Gasteiger partial charge is 0.381 e. The number of hydrogen-bond donors (Lipinski definition) is 0. The van der Waals surface area contributed by atoms with Gasteiger partial charge in [0.05, 0.1) is 21.2 Å². The number of benzene rings is 2. The molecule has 0 radical (unpaired) electrons. The molecule has 2 saturated carbocycles. The molecule has 4 nitrogen and oxygen atoms in total. The number of amides is 1. The molecule has 5 rings (SSSR count). The second kappa shape index (κ2) is 9.47. The first-order valence-corrected chi connectivity index (χ1v) is 13.4. The average Bonchev–Trinajstić information content (AvgIpc) is 2.75. The SMILES string of the molecule is O=C(C1CCC1)N(c1ccc(C2(S(=O)c3ccc(Cl)cc3)CCOCC2)cc1F)C1CCC1. The second-order valence-electron chi connectivity index (χ2n) is 9.42. The fraction of sp³-hybridized carbons (Fsp3) is 0.500. The van der Waals surface area contributed by atoms with Gasteiger partial charge in [-0.25, -0.2) is 4.39 Å². The quantitative estimate of drug-likeness (QED) is 0.501. The Morgan fingerprint density at radius 1 is 1.03 bits per heavy atom. The first-order valence-electron chi connectivity index (χ1n) is 11.9. The second-order valence-corrected chi connectivity index (χ2v) is 11.6. The van der Waals surface area contributed by atoms with Crippen molar-refractivity contribution < 1.29 is 18.1 Å². The third kappa shape index (κ3) is 4.26. The van der Waals surface area contributed by atoms with Crippen molar-refractivity contribution in [1.29, 1.82) is 0 Å². The molecular formula is C26H29ClFNO3S. The maximum Gasteiger partial charge on any atom is 0.230 e. The number of anilines is 1. The van der Waals surface area contributed by atoms with Crippen molar-refractivity contribution in [2.24, 2.45) is 5.92 Å². The highest BCUT2D eigenvalue weighted by molar-refractivity contribution is 7.86. The van der Waals surface area contributed by atoms with Crippen LogP contribution in [0.4, 0.5) is 10.1 Å². The van der Waals surface area contributed by atoms with E-state index in [0.717, 1.165) is 38.5 Å². The van der Waals surface area contributed by atoms with Crippen LogP contribution < -0.4 is 4.90 Å². The van der Waals surface area contributed by atoms with E-state index in [-0.39, 0.29) is 17.9 Å². The van der Waals surface area contributed by atoms with Crippen molar-refractivity contribution in [2.45, 2.75) is 67.1 Å². The molecule has 3 fully saturated rings. The summed E-state index contributed by atoms with van der Waals surface area (Å²) in [6.45, 7) is 0.939. The Morgan fingerprint density at radius 3 is 2.24 bits per heavy atom. The fourth-order valence-corrected chi connectivity index (χ4v) is 6.88. The Bertz CT molecular complexity index is 1050. The Labute approximate surface area is 201 Å². The van der Waals surface area contributed by atoms with Crippen LogP contribution in [-0.4, -0.2) is 29.4 Å². The Hall–Kier alpha value is -1.76. The predicted molar refractivity (Wildman–Crippen MR) is 128 cm³/mol. The molecule has 2 aromatic rings. The summed E-state index contributed by atoms with van der Waals surface area (Å²) in [5.41, 5.74) is 1.06. The van der Waals surface area contributed by atoms with Crippen molar-refractivity contribution in [3.63, 3.8) is 0 Å². The molecule has 2 aliphatic carbocycles. The minimum absolute atomic E-state index is 0.0175. The fourth-order valence-electron chi connectivity index (χ4n) is 5.04. The lowest BCUT2D eigenvalue weighted by atomic mass is 9.82. The zero-order chi connectivity index (χ0) is 23.0. The molecule has 1 amide bonds. The van der Waals surface area contributed by atoms with Gasteiger partial charge in [-0.05, 0) is 86.9 Å². The van der Waals surface area contributed by atoms with Gasteiger partial charge in [0.1, 0.15) is 5.82 Å². The zero-order valence-electron chi connectivity index (χ0n) is 18.6. The van der Waals surface area contributed by atoms with Gasteiger partial charge in [0.15, 0.2) is 0 Å². The monoisotopic (exact) mass is 489 g/mol. The van der Waals surface area contributed by atoms with E-state index in [1.165, 1.54) is 6.07 Å². The molecule has 1 unspecified atom stereocenters. The molecule has 0 spiro atoms. The van der Waals surface area contributed by atoms with Crippen molar-refractivity contribution in [3.8, 4) is 0 Å². The molecule has 1 atom stereocenters. The number of carbonyl (C=O) groups is 1. The van der Waals surface area contributed by atoms with Gasteiger partial charge in [-0.3, -0.25) is 9.00 Å². The Morgan fingerprint density at radius 2 is 1.70 bits per heavy atom. The topological polar surface area (TPSA) is 46.6 Å². The zero-order valence-corrected chi connectivity index (χ0v) is 20.2. The van der Waals surface area contributed by atoms with Gasteiger partial charge in [-0.1, -0.05) is 24.1 Å². The van der Waals surface area contributed by atoms with Crippen LogP contribution in [0.25, 0.3) is 0 Å². The molecule has 1 saturated heterocycles. The summed E-state index contributed by atoms with van der Waals surface area (Å²) >= 11 is 6.03. The Balaban J connectivity index is 1.50. The molecule has 2 aromatic carbocycles. The van der Waals surface area contributed by atoms with Gasteiger partial charge in [-0.2, -0.15) is 0 Å². The maximum absolute atomic E-state index is 15.7. The van der Waals surface area contributed by atoms with Gasteiger partial charge in [-0.15, -0.1) is 0 Å². The van der Waals surface area contributed by atoms with Crippen molar-refractivity contribution in [1.82, 2.24) is 0 Å².